The lowest BCUT2D eigenvalue weighted by Gasteiger charge is -2.30. The molecule has 1 saturated carbocycles. The van der Waals surface area contributed by atoms with E-state index in [1.807, 2.05) is 68.5 Å². The average Bonchev–Trinajstić information content (AvgIpc) is 3.35. The van der Waals surface area contributed by atoms with Crippen molar-refractivity contribution < 1.29 is 19.7 Å². The maximum atomic E-state index is 10.9. The Hall–Kier alpha value is -3.32. The van der Waals surface area contributed by atoms with Crippen molar-refractivity contribution in [2.45, 2.75) is 75.4 Å². The van der Waals surface area contributed by atoms with Crippen LogP contribution in [0.25, 0.3) is 4.85 Å². The number of nitriles is 1. The number of aliphatic hydroxyl groups is 2. The van der Waals surface area contributed by atoms with Crippen molar-refractivity contribution in [3.8, 4) is 17.6 Å². The predicted molar refractivity (Wildman–Crippen MR) is 133 cm³/mol. The van der Waals surface area contributed by atoms with Gasteiger partial charge in [0.1, 0.15) is 29.3 Å². The predicted octanol–water partition coefficient (Wildman–Crippen LogP) is 4.82. The average molecular weight is 473 g/mol. The van der Waals surface area contributed by atoms with Crippen molar-refractivity contribution in [3.05, 3.63) is 83.2 Å². The fraction of sp³-hybridized carbons (Fsp3) is 0.448. The first-order chi connectivity index (χ1) is 16.8. The summed E-state index contributed by atoms with van der Waals surface area (Å²) in [5, 5.41) is 30.7. The van der Waals surface area contributed by atoms with Gasteiger partial charge in [0.05, 0.1) is 6.10 Å². The van der Waals surface area contributed by atoms with Crippen LogP contribution in [0.2, 0.25) is 0 Å². The zero-order chi connectivity index (χ0) is 25.0. The fourth-order valence-corrected chi connectivity index (χ4v) is 5.13. The summed E-state index contributed by atoms with van der Waals surface area (Å²) in [6.07, 6.45) is 4.66. The quantitative estimate of drug-likeness (QED) is 0.404. The lowest BCUT2D eigenvalue weighted by molar-refractivity contribution is -0.00221. The maximum Gasteiger partial charge on any atom is 0.307 e. The van der Waals surface area contributed by atoms with Gasteiger partial charge in [0.15, 0.2) is 6.07 Å². The molecule has 6 heteroatoms. The van der Waals surface area contributed by atoms with E-state index in [4.69, 9.17) is 21.3 Å². The number of hydrogen-bond donors (Lipinski definition) is 2. The van der Waals surface area contributed by atoms with Gasteiger partial charge in [0.2, 0.25) is 0 Å². The number of rotatable bonds is 9. The van der Waals surface area contributed by atoms with Gasteiger partial charge in [-0.2, -0.15) is 5.26 Å². The summed E-state index contributed by atoms with van der Waals surface area (Å²) in [5.74, 6) is 1.40. The minimum Gasteiger partial charge on any atom is -0.489 e. The lowest BCUT2D eigenvalue weighted by Crippen LogP contribution is -2.41. The molecule has 1 unspecified atom stereocenters. The van der Waals surface area contributed by atoms with Crippen LogP contribution in [0.4, 0.5) is 0 Å². The number of nitrogens with zero attached hydrogens (tertiary/aromatic N) is 2. The number of aliphatic hydroxyl groups excluding tert-OH is 2. The van der Waals surface area contributed by atoms with Crippen LogP contribution in [0.3, 0.4) is 0 Å². The van der Waals surface area contributed by atoms with Crippen LogP contribution in [-0.4, -0.2) is 40.2 Å². The molecule has 2 N–H and O–H groups in total. The standard InChI is InChI=1S/C29H32N2O4/c1-29(2,35-21-12-5-4-6-13-21)26(33)16-15-22-24(32)17-25-27(22)23-14-8-10-19(28(23)34-25)9-7-11-20(18-30)31-3/h4-6,8,10,12-16,20,22,24-27,32-33H,7,9,11,17H2,1-2H3/t20?,22-,24+,25-,26+,27-/m0/s1. The largest absolute Gasteiger partial charge is 0.489 e. The first kappa shape index (κ1) is 24.8. The molecule has 0 bridgehead atoms. The molecule has 0 amide bonds. The van der Waals surface area contributed by atoms with E-state index >= 15 is 0 Å². The minimum atomic E-state index is -0.863. The molecule has 2 aromatic rings. The van der Waals surface area contributed by atoms with Gasteiger partial charge in [-0.1, -0.05) is 48.6 Å². The summed E-state index contributed by atoms with van der Waals surface area (Å²) >= 11 is 0. The van der Waals surface area contributed by atoms with E-state index in [2.05, 4.69) is 10.9 Å². The highest BCUT2D eigenvalue weighted by molar-refractivity contribution is 5.49. The first-order valence-corrected chi connectivity index (χ1v) is 12.2. The van der Waals surface area contributed by atoms with Crippen LogP contribution < -0.4 is 9.47 Å². The minimum absolute atomic E-state index is 0.0108. The molecule has 0 radical (unpaired) electrons. The van der Waals surface area contributed by atoms with Crippen molar-refractivity contribution in [2.24, 2.45) is 5.92 Å². The number of ether oxygens (including phenoxy) is 2. The van der Waals surface area contributed by atoms with Crippen LogP contribution in [0.1, 0.15) is 50.2 Å². The molecule has 6 nitrogen and oxygen atoms in total. The molecular weight excluding hydrogens is 440 g/mol. The molecule has 0 spiro atoms. The Kier molecular flexibility index (Phi) is 7.45. The molecule has 1 aliphatic carbocycles. The van der Waals surface area contributed by atoms with Crippen molar-refractivity contribution in [3.63, 3.8) is 0 Å². The fourth-order valence-electron chi connectivity index (χ4n) is 5.13. The van der Waals surface area contributed by atoms with Gasteiger partial charge in [-0.3, -0.25) is 4.85 Å². The van der Waals surface area contributed by atoms with E-state index in [0.717, 1.165) is 29.7 Å². The molecular formula is C29H32N2O4. The van der Waals surface area contributed by atoms with Crippen LogP contribution in [0.5, 0.6) is 11.5 Å². The molecule has 1 aliphatic heterocycles. The van der Waals surface area contributed by atoms with E-state index in [9.17, 15) is 10.2 Å². The Bertz CT molecular complexity index is 1120. The van der Waals surface area contributed by atoms with Crippen LogP contribution >= 0.6 is 0 Å². The van der Waals surface area contributed by atoms with Gasteiger partial charge in [-0.05, 0) is 44.4 Å². The van der Waals surface area contributed by atoms with E-state index in [0.29, 0.717) is 18.6 Å². The number of hydrogen-bond acceptors (Lipinski definition) is 5. The highest BCUT2D eigenvalue weighted by Gasteiger charge is 2.49. The van der Waals surface area contributed by atoms with Crippen molar-refractivity contribution in [1.82, 2.24) is 0 Å². The smallest absolute Gasteiger partial charge is 0.307 e. The Morgan fingerprint density at radius 1 is 1.26 bits per heavy atom. The summed E-state index contributed by atoms with van der Waals surface area (Å²) in [7, 11) is 0. The number of aryl methyl sites for hydroxylation is 1. The van der Waals surface area contributed by atoms with Gasteiger partial charge in [-0.15, -0.1) is 0 Å². The lowest BCUT2D eigenvalue weighted by atomic mass is 9.86. The van der Waals surface area contributed by atoms with Crippen LogP contribution in [0.15, 0.2) is 60.7 Å². The molecule has 182 valence electrons. The molecule has 1 heterocycles. The van der Waals surface area contributed by atoms with Gasteiger partial charge in [-0.25, -0.2) is 6.57 Å². The third kappa shape index (κ3) is 5.35. The van der Waals surface area contributed by atoms with E-state index < -0.39 is 23.9 Å². The molecule has 2 aromatic carbocycles. The second-order valence-electron chi connectivity index (χ2n) is 9.91. The zero-order valence-electron chi connectivity index (χ0n) is 20.2. The van der Waals surface area contributed by atoms with E-state index in [1.54, 1.807) is 6.08 Å². The zero-order valence-corrected chi connectivity index (χ0v) is 20.2. The van der Waals surface area contributed by atoms with Crippen molar-refractivity contribution in [1.29, 1.82) is 5.26 Å². The monoisotopic (exact) mass is 472 g/mol. The third-order valence-electron chi connectivity index (χ3n) is 7.07. The SMILES string of the molecule is [C-]#[N+]C(C#N)CCCc1cccc2c1O[C@H]1C[C@@H](O)[C@H](C=C[C@@H](O)C(C)(C)Oc3ccccc3)[C@@H]21. The molecule has 4 rings (SSSR count). The van der Waals surface area contributed by atoms with Gasteiger partial charge >= 0.3 is 6.04 Å². The normalized spacial score (nSPS) is 24.6. The topological polar surface area (TPSA) is 87.1 Å². The molecule has 0 aromatic heterocycles. The molecule has 35 heavy (non-hydrogen) atoms. The Morgan fingerprint density at radius 3 is 2.74 bits per heavy atom. The number of fused-ring (bicyclic) bond motifs is 3. The highest BCUT2D eigenvalue weighted by atomic mass is 16.5. The van der Waals surface area contributed by atoms with Gasteiger partial charge in [0.25, 0.3) is 0 Å². The molecule has 2 aliphatic rings. The number of para-hydroxylation sites is 2. The molecule has 0 saturated heterocycles. The second kappa shape index (κ2) is 10.5. The Labute approximate surface area is 207 Å². The maximum absolute atomic E-state index is 10.9. The van der Waals surface area contributed by atoms with Crippen LogP contribution in [-0.2, 0) is 6.42 Å². The molecule has 6 atom stereocenters. The van der Waals surface area contributed by atoms with E-state index in [1.165, 1.54) is 0 Å². The van der Waals surface area contributed by atoms with Crippen molar-refractivity contribution >= 4 is 0 Å². The third-order valence-corrected chi connectivity index (χ3v) is 7.07. The number of benzene rings is 2. The highest BCUT2D eigenvalue weighted by Crippen LogP contribution is 2.52. The summed E-state index contributed by atoms with van der Waals surface area (Å²) < 4.78 is 12.3. The summed E-state index contributed by atoms with van der Waals surface area (Å²) in [4.78, 5) is 3.34. The summed E-state index contributed by atoms with van der Waals surface area (Å²) in [5.41, 5.74) is 1.31. The Balaban J connectivity index is 1.47. The van der Waals surface area contributed by atoms with Gasteiger partial charge < -0.3 is 19.7 Å². The summed E-state index contributed by atoms with van der Waals surface area (Å²) in [6.45, 7) is 10.8. The van der Waals surface area contributed by atoms with Crippen LogP contribution in [0, 0.1) is 23.8 Å². The second-order valence-corrected chi connectivity index (χ2v) is 9.91. The van der Waals surface area contributed by atoms with E-state index in [-0.39, 0.29) is 17.9 Å². The molecule has 1 fully saturated rings. The first-order valence-electron chi connectivity index (χ1n) is 12.2. The summed E-state index contributed by atoms with van der Waals surface area (Å²) in [6, 6.07) is 16.9. The van der Waals surface area contributed by atoms with Gasteiger partial charge in [0, 0.05) is 30.2 Å². The van der Waals surface area contributed by atoms with Crippen molar-refractivity contribution in [2.75, 3.05) is 0 Å². The Morgan fingerprint density at radius 2 is 2.03 bits per heavy atom.